The van der Waals surface area contributed by atoms with E-state index in [9.17, 15) is 9.59 Å². The van der Waals surface area contributed by atoms with Crippen LogP contribution in [-0.2, 0) is 0 Å². The fraction of sp³-hybridized carbons (Fsp3) is 0.250. The Bertz CT molecular complexity index is 673. The van der Waals surface area contributed by atoms with E-state index in [2.05, 4.69) is 31.9 Å². The number of anilines is 1. The standard InChI is InChI=1S/C16H18BrN3O3.ClH/c1-2-18-9-10-19-15(21)11-3-5-12(6-4-11)20-16(22)13-7-8-14(17)23-13;/h3-8,18H,2,9-10H2,1H3,(H,19,21)(H,20,22);1H. The van der Waals surface area contributed by atoms with Gasteiger partial charge in [-0.1, -0.05) is 6.92 Å². The molecule has 1 heterocycles. The normalized spacial score (nSPS) is 9.92. The van der Waals surface area contributed by atoms with E-state index >= 15 is 0 Å². The van der Waals surface area contributed by atoms with Gasteiger partial charge in [-0.15, -0.1) is 12.4 Å². The van der Waals surface area contributed by atoms with E-state index in [1.165, 1.54) is 0 Å². The van der Waals surface area contributed by atoms with Crippen LogP contribution in [0.15, 0.2) is 45.5 Å². The Morgan fingerprint density at radius 1 is 1.04 bits per heavy atom. The lowest BCUT2D eigenvalue weighted by Crippen LogP contribution is -2.31. The lowest BCUT2D eigenvalue weighted by Gasteiger charge is -2.07. The average molecular weight is 417 g/mol. The van der Waals surface area contributed by atoms with Gasteiger partial charge in [0.15, 0.2) is 10.4 Å². The predicted molar refractivity (Wildman–Crippen MR) is 98.9 cm³/mol. The SMILES string of the molecule is CCNCCNC(=O)c1ccc(NC(=O)c2ccc(Br)o2)cc1.Cl. The molecular weight excluding hydrogens is 398 g/mol. The molecule has 0 fully saturated rings. The molecule has 1 aromatic carbocycles. The van der Waals surface area contributed by atoms with Gasteiger partial charge in [0.1, 0.15) is 0 Å². The maximum Gasteiger partial charge on any atom is 0.291 e. The summed E-state index contributed by atoms with van der Waals surface area (Å²) in [6.45, 7) is 4.18. The Morgan fingerprint density at radius 3 is 2.33 bits per heavy atom. The molecule has 0 spiro atoms. The number of halogens is 2. The second-order valence-corrected chi connectivity index (χ2v) is 5.53. The van der Waals surface area contributed by atoms with Crippen LogP contribution < -0.4 is 16.0 Å². The van der Waals surface area contributed by atoms with Crippen molar-refractivity contribution in [2.45, 2.75) is 6.92 Å². The molecule has 1 aromatic heterocycles. The minimum atomic E-state index is -0.349. The van der Waals surface area contributed by atoms with Crippen molar-refractivity contribution in [3.63, 3.8) is 0 Å². The summed E-state index contributed by atoms with van der Waals surface area (Å²) < 4.78 is 5.67. The van der Waals surface area contributed by atoms with Gasteiger partial charge in [-0.2, -0.15) is 0 Å². The highest BCUT2D eigenvalue weighted by molar-refractivity contribution is 9.10. The molecule has 0 saturated carbocycles. The van der Waals surface area contributed by atoms with Gasteiger partial charge >= 0.3 is 0 Å². The van der Waals surface area contributed by atoms with Crippen LogP contribution >= 0.6 is 28.3 Å². The smallest absolute Gasteiger partial charge is 0.291 e. The van der Waals surface area contributed by atoms with E-state index < -0.39 is 0 Å². The van der Waals surface area contributed by atoms with E-state index in [0.717, 1.165) is 13.1 Å². The largest absolute Gasteiger partial charge is 0.444 e. The lowest BCUT2D eigenvalue weighted by molar-refractivity contribution is 0.0953. The molecule has 8 heteroatoms. The number of carbonyl (C=O) groups excluding carboxylic acids is 2. The number of hydrogen-bond acceptors (Lipinski definition) is 4. The third-order valence-electron chi connectivity index (χ3n) is 3.04. The maximum atomic E-state index is 11.9. The fourth-order valence-corrected chi connectivity index (χ4v) is 2.18. The molecule has 0 aliphatic heterocycles. The number of carbonyl (C=O) groups is 2. The van der Waals surface area contributed by atoms with E-state index in [0.29, 0.717) is 22.5 Å². The van der Waals surface area contributed by atoms with Crippen LogP contribution in [0.4, 0.5) is 5.69 Å². The molecule has 2 aromatic rings. The highest BCUT2D eigenvalue weighted by Gasteiger charge is 2.11. The van der Waals surface area contributed by atoms with Crippen molar-refractivity contribution in [1.29, 1.82) is 0 Å². The van der Waals surface area contributed by atoms with Gasteiger partial charge in [0, 0.05) is 24.3 Å². The van der Waals surface area contributed by atoms with Crippen molar-refractivity contribution in [3.8, 4) is 0 Å². The van der Waals surface area contributed by atoms with Gasteiger partial charge < -0.3 is 20.4 Å². The summed E-state index contributed by atoms with van der Waals surface area (Å²) in [5.74, 6) is -0.281. The van der Waals surface area contributed by atoms with Crippen molar-refractivity contribution in [2.24, 2.45) is 0 Å². The second-order valence-electron chi connectivity index (χ2n) is 4.74. The van der Waals surface area contributed by atoms with E-state index in [-0.39, 0.29) is 30.0 Å². The van der Waals surface area contributed by atoms with Crippen molar-refractivity contribution < 1.29 is 14.0 Å². The number of likely N-dealkylation sites (N-methyl/N-ethyl adjacent to an activating group) is 1. The van der Waals surface area contributed by atoms with E-state index in [1.807, 2.05) is 6.92 Å². The molecule has 0 aliphatic carbocycles. The molecular formula is C16H19BrClN3O3. The Balaban J connectivity index is 0.00000288. The van der Waals surface area contributed by atoms with Crippen molar-refractivity contribution in [1.82, 2.24) is 10.6 Å². The van der Waals surface area contributed by atoms with Crippen molar-refractivity contribution >= 4 is 45.8 Å². The first-order valence-corrected chi connectivity index (χ1v) is 8.05. The molecule has 3 N–H and O–H groups in total. The first kappa shape index (κ1) is 20.2. The van der Waals surface area contributed by atoms with Gasteiger partial charge in [0.05, 0.1) is 0 Å². The van der Waals surface area contributed by atoms with Crippen LogP contribution in [-0.4, -0.2) is 31.4 Å². The van der Waals surface area contributed by atoms with Crippen LogP contribution in [0.3, 0.4) is 0 Å². The molecule has 0 radical (unpaired) electrons. The summed E-state index contributed by atoms with van der Waals surface area (Å²) in [7, 11) is 0. The number of furan rings is 1. The highest BCUT2D eigenvalue weighted by atomic mass is 79.9. The minimum Gasteiger partial charge on any atom is -0.444 e. The molecule has 0 unspecified atom stereocenters. The summed E-state index contributed by atoms with van der Waals surface area (Å²) in [4.78, 5) is 23.9. The fourth-order valence-electron chi connectivity index (χ4n) is 1.88. The molecule has 0 saturated heterocycles. The maximum absolute atomic E-state index is 11.9. The molecule has 2 amide bonds. The number of benzene rings is 1. The molecule has 0 bridgehead atoms. The van der Waals surface area contributed by atoms with E-state index in [4.69, 9.17) is 4.42 Å². The number of hydrogen-bond donors (Lipinski definition) is 3. The zero-order valence-electron chi connectivity index (χ0n) is 13.1. The van der Waals surface area contributed by atoms with Crippen LogP contribution in [0, 0.1) is 0 Å². The van der Waals surface area contributed by atoms with Gasteiger partial charge in [-0.25, -0.2) is 0 Å². The van der Waals surface area contributed by atoms with Crippen LogP contribution in [0.5, 0.6) is 0 Å². The Morgan fingerprint density at radius 2 is 1.75 bits per heavy atom. The molecule has 130 valence electrons. The lowest BCUT2D eigenvalue weighted by atomic mass is 10.2. The topological polar surface area (TPSA) is 83.4 Å². The Kier molecular flexibility index (Phi) is 8.53. The summed E-state index contributed by atoms with van der Waals surface area (Å²) in [5, 5.41) is 8.64. The molecule has 6 nitrogen and oxygen atoms in total. The second kappa shape index (κ2) is 10.1. The van der Waals surface area contributed by atoms with E-state index in [1.54, 1.807) is 36.4 Å². The highest BCUT2D eigenvalue weighted by Crippen LogP contribution is 2.16. The zero-order chi connectivity index (χ0) is 16.7. The van der Waals surface area contributed by atoms with Crippen molar-refractivity contribution in [3.05, 3.63) is 52.4 Å². The third kappa shape index (κ3) is 5.99. The van der Waals surface area contributed by atoms with Gasteiger partial charge in [0.2, 0.25) is 0 Å². The molecule has 24 heavy (non-hydrogen) atoms. The number of rotatable bonds is 7. The number of nitrogens with one attached hydrogen (secondary N) is 3. The van der Waals surface area contributed by atoms with Gasteiger partial charge in [-0.3, -0.25) is 9.59 Å². The third-order valence-corrected chi connectivity index (χ3v) is 3.47. The summed E-state index contributed by atoms with van der Waals surface area (Å²) in [6.07, 6.45) is 0. The molecule has 0 atom stereocenters. The van der Waals surface area contributed by atoms with Crippen molar-refractivity contribution in [2.75, 3.05) is 25.0 Å². The summed E-state index contributed by atoms with van der Waals surface area (Å²) in [5.41, 5.74) is 1.13. The summed E-state index contributed by atoms with van der Waals surface area (Å²) in [6, 6.07) is 9.90. The van der Waals surface area contributed by atoms with Crippen LogP contribution in [0.2, 0.25) is 0 Å². The first-order valence-electron chi connectivity index (χ1n) is 7.26. The molecule has 0 aliphatic rings. The summed E-state index contributed by atoms with van der Waals surface area (Å²) >= 11 is 3.15. The Hall–Kier alpha value is -1.83. The zero-order valence-corrected chi connectivity index (χ0v) is 15.5. The average Bonchev–Trinajstić information content (AvgIpc) is 2.99. The molecule has 2 rings (SSSR count). The minimum absolute atomic E-state index is 0. The van der Waals surface area contributed by atoms with Gasteiger partial charge in [0.25, 0.3) is 11.8 Å². The Labute approximate surface area is 154 Å². The predicted octanol–water partition coefficient (Wildman–Crippen LogP) is 3.06. The van der Waals surface area contributed by atoms with Crippen LogP contribution in [0.25, 0.3) is 0 Å². The first-order chi connectivity index (χ1) is 11.1. The quantitative estimate of drug-likeness (QED) is 0.606. The monoisotopic (exact) mass is 415 g/mol. The number of amides is 2. The van der Waals surface area contributed by atoms with Crippen LogP contribution in [0.1, 0.15) is 27.8 Å². The van der Waals surface area contributed by atoms with Gasteiger partial charge in [-0.05, 0) is 58.9 Å².